The number of para-hydroxylation sites is 1. The van der Waals surface area contributed by atoms with Gasteiger partial charge >= 0.3 is 51.4 Å². The molecule has 2 aromatic carbocycles. The Balaban J connectivity index is 0.00000392. The Kier molecular flexibility index (Phi) is 11.9. The van der Waals surface area contributed by atoms with Crippen molar-refractivity contribution in [2.24, 2.45) is 0 Å². The summed E-state index contributed by atoms with van der Waals surface area (Å²) in [6.07, 6.45) is 7.70. The minimum Gasteiger partial charge on any atom is -0.870 e. The molecule has 2 rings (SSSR count). The van der Waals surface area contributed by atoms with Gasteiger partial charge in [0.05, 0.1) is 4.90 Å². The summed E-state index contributed by atoms with van der Waals surface area (Å²) in [5.74, 6) is 0.0718. The van der Waals surface area contributed by atoms with Crippen LogP contribution in [0.5, 0.6) is 17.2 Å². The number of ether oxygens (including phenoxy) is 1. The fourth-order valence-electron chi connectivity index (χ4n) is 3.02. The van der Waals surface area contributed by atoms with E-state index >= 15 is 0 Å². The van der Waals surface area contributed by atoms with E-state index in [2.05, 4.69) is 6.92 Å². The van der Waals surface area contributed by atoms with Crippen molar-refractivity contribution in [3.05, 3.63) is 48.0 Å². The molecule has 0 amide bonds. The Hall–Kier alpha value is -0.414. The van der Waals surface area contributed by atoms with E-state index < -0.39 is 15.9 Å². The van der Waals surface area contributed by atoms with Crippen LogP contribution >= 0.6 is 0 Å². The molecule has 0 spiro atoms. The molecule has 0 radical (unpaired) electrons. The summed E-state index contributed by atoms with van der Waals surface area (Å²) in [4.78, 5) is -0.320. The average Bonchev–Trinajstić information content (AvgIpc) is 2.63. The third-order valence-corrected chi connectivity index (χ3v) is 5.40. The van der Waals surface area contributed by atoms with Gasteiger partial charge in [0.2, 0.25) is 0 Å². The minimum atomic E-state index is -4.46. The van der Waals surface area contributed by atoms with Crippen LogP contribution in [-0.4, -0.2) is 13.0 Å². The second-order valence-electron chi connectivity index (χ2n) is 6.63. The average molecular weight is 431 g/mol. The Labute approximate surface area is 210 Å². The van der Waals surface area contributed by atoms with E-state index in [0.29, 0.717) is 18.6 Å². The second-order valence-corrected chi connectivity index (χ2v) is 8.02. The van der Waals surface area contributed by atoms with Crippen molar-refractivity contribution >= 4 is 10.1 Å². The molecule has 0 aliphatic rings. The van der Waals surface area contributed by atoms with Crippen molar-refractivity contribution in [1.29, 1.82) is 0 Å². The zero-order valence-corrected chi connectivity index (χ0v) is 20.6. The summed E-state index contributed by atoms with van der Waals surface area (Å²) in [6, 6.07) is 11.4. The summed E-state index contributed by atoms with van der Waals surface area (Å²) in [6.45, 7) is 2.16. The van der Waals surface area contributed by atoms with E-state index in [1.807, 2.05) is 6.07 Å². The Morgan fingerprint density at radius 3 is 2.14 bits per heavy atom. The number of benzene rings is 2. The van der Waals surface area contributed by atoms with Crippen LogP contribution in [0.2, 0.25) is 0 Å². The van der Waals surface area contributed by atoms with Gasteiger partial charge in [0.1, 0.15) is 11.5 Å². The van der Waals surface area contributed by atoms with Crippen molar-refractivity contribution in [3.63, 3.8) is 0 Å². The minimum absolute atomic E-state index is 0. The van der Waals surface area contributed by atoms with Gasteiger partial charge in [-0.15, -0.1) is 0 Å². The van der Waals surface area contributed by atoms with Gasteiger partial charge in [-0.1, -0.05) is 69.4 Å². The van der Waals surface area contributed by atoms with Crippen molar-refractivity contribution in [3.8, 4) is 17.2 Å². The quantitative estimate of drug-likeness (QED) is 0.335. The molecule has 0 saturated heterocycles. The van der Waals surface area contributed by atoms with Crippen LogP contribution in [0.15, 0.2) is 47.4 Å². The van der Waals surface area contributed by atoms with Gasteiger partial charge in [0.25, 0.3) is 10.1 Å². The molecule has 0 atom stereocenters. The van der Waals surface area contributed by atoms with Gasteiger partial charge in [-0.3, -0.25) is 4.55 Å². The molecule has 0 fully saturated rings. The first kappa shape index (κ1) is 25.6. The first-order valence-corrected chi connectivity index (χ1v) is 10.9. The molecule has 7 heteroatoms. The second kappa shape index (κ2) is 13.0. The van der Waals surface area contributed by atoms with Gasteiger partial charge in [0.15, 0.2) is 0 Å². The predicted octanol–water partition coefficient (Wildman–Crippen LogP) is 2.10. The molecule has 0 aliphatic carbocycles. The molecule has 0 aliphatic heterocycles. The standard InChI is InChI=1S/C21H28O5S.K/c1-2-3-4-5-6-7-11-14-18-20(27(23,24)25)16-15-19(21(18)22)26-17-12-9-8-10-13-17;/h8-10,12-13,15-16,22H,2-7,11,14H2,1H3,(H,23,24,25);/q;+1/p-1. The molecule has 5 nitrogen and oxygen atoms in total. The van der Waals surface area contributed by atoms with Crippen LogP contribution in [0, 0.1) is 0 Å². The monoisotopic (exact) mass is 430 g/mol. The summed E-state index contributed by atoms with van der Waals surface area (Å²) in [7, 11) is -4.46. The summed E-state index contributed by atoms with van der Waals surface area (Å²) < 4.78 is 38.4. The van der Waals surface area contributed by atoms with Crippen molar-refractivity contribution in [2.45, 2.75) is 63.2 Å². The SMILES string of the molecule is CCCCCCCCCc1c(S(=O)(=O)O)ccc(Oc2ccccc2)c1[O-].[K+]. The first-order chi connectivity index (χ1) is 12.9. The molecular weight excluding hydrogens is 403 g/mol. The number of hydrogen-bond donors (Lipinski definition) is 1. The molecule has 2 aromatic rings. The molecule has 28 heavy (non-hydrogen) atoms. The zero-order chi connectivity index (χ0) is 19.7. The maximum atomic E-state index is 12.7. The molecule has 0 heterocycles. The van der Waals surface area contributed by atoms with Crippen molar-refractivity contribution in [1.82, 2.24) is 0 Å². The van der Waals surface area contributed by atoms with Crippen LogP contribution in [-0.2, 0) is 16.5 Å². The van der Waals surface area contributed by atoms with Crippen LogP contribution in [0.25, 0.3) is 0 Å². The maximum Gasteiger partial charge on any atom is 1.00 e. The van der Waals surface area contributed by atoms with Crippen LogP contribution in [0.1, 0.15) is 57.4 Å². The van der Waals surface area contributed by atoms with Crippen LogP contribution in [0.3, 0.4) is 0 Å². The van der Waals surface area contributed by atoms with Gasteiger partial charge in [-0.05, 0) is 42.7 Å². The Morgan fingerprint density at radius 1 is 0.929 bits per heavy atom. The van der Waals surface area contributed by atoms with E-state index in [1.165, 1.54) is 31.4 Å². The van der Waals surface area contributed by atoms with Gasteiger partial charge < -0.3 is 9.84 Å². The number of unbranched alkanes of at least 4 members (excludes halogenated alkanes) is 6. The summed E-state index contributed by atoms with van der Waals surface area (Å²) in [5.41, 5.74) is 0.0967. The molecule has 0 saturated carbocycles. The van der Waals surface area contributed by atoms with E-state index in [9.17, 15) is 18.1 Å². The Bertz CT molecular complexity index is 822. The topological polar surface area (TPSA) is 86.7 Å². The molecule has 0 unspecified atom stereocenters. The van der Waals surface area contributed by atoms with Crippen LogP contribution in [0.4, 0.5) is 0 Å². The fraction of sp³-hybridized carbons (Fsp3) is 0.429. The van der Waals surface area contributed by atoms with Crippen molar-refractivity contribution < 1.29 is 74.2 Å². The molecule has 148 valence electrons. The first-order valence-electron chi connectivity index (χ1n) is 9.46. The van der Waals surface area contributed by atoms with E-state index in [4.69, 9.17) is 4.74 Å². The van der Waals surface area contributed by atoms with E-state index in [1.54, 1.807) is 24.3 Å². The molecular formula is C21H27KO5S. The largest absolute Gasteiger partial charge is 1.00 e. The zero-order valence-electron chi connectivity index (χ0n) is 16.7. The predicted molar refractivity (Wildman–Crippen MR) is 104 cm³/mol. The Morgan fingerprint density at radius 2 is 1.54 bits per heavy atom. The molecule has 1 N–H and O–H groups in total. The summed E-state index contributed by atoms with van der Waals surface area (Å²) >= 11 is 0. The maximum absolute atomic E-state index is 12.7. The fourth-order valence-corrected chi connectivity index (χ4v) is 3.77. The van der Waals surface area contributed by atoms with E-state index in [-0.39, 0.29) is 67.6 Å². The summed E-state index contributed by atoms with van der Waals surface area (Å²) in [5, 5.41) is 12.7. The van der Waals surface area contributed by atoms with E-state index in [0.717, 1.165) is 19.3 Å². The smallest absolute Gasteiger partial charge is 0.870 e. The third-order valence-electron chi connectivity index (χ3n) is 4.46. The van der Waals surface area contributed by atoms with Crippen LogP contribution < -0.4 is 61.2 Å². The van der Waals surface area contributed by atoms with Crippen molar-refractivity contribution in [2.75, 3.05) is 0 Å². The van der Waals surface area contributed by atoms with Gasteiger partial charge in [-0.2, -0.15) is 8.42 Å². The molecule has 0 bridgehead atoms. The third kappa shape index (κ3) is 8.14. The number of rotatable bonds is 11. The normalized spacial score (nSPS) is 11.1. The van der Waals surface area contributed by atoms with Gasteiger partial charge in [-0.25, -0.2) is 0 Å². The van der Waals surface area contributed by atoms with Gasteiger partial charge in [0, 0.05) is 0 Å². The number of hydrogen-bond acceptors (Lipinski definition) is 4. The molecule has 0 aromatic heterocycles.